The SMILES string of the molecule is CC(C)NC(=O)N1CCN(c2ccc(F)cc2F)C(=O)C1C. The molecule has 120 valence electrons. The Labute approximate surface area is 127 Å². The number of carbonyl (C=O) groups excluding carboxylic acids is 2. The molecule has 0 aromatic heterocycles. The number of carbonyl (C=O) groups is 2. The molecule has 1 aliphatic heterocycles. The summed E-state index contributed by atoms with van der Waals surface area (Å²) in [6, 6.07) is 2.01. The summed E-state index contributed by atoms with van der Waals surface area (Å²) in [6.07, 6.45) is 0. The highest BCUT2D eigenvalue weighted by Crippen LogP contribution is 2.24. The number of nitrogens with one attached hydrogen (secondary N) is 1. The number of urea groups is 1. The molecule has 1 fully saturated rings. The van der Waals surface area contributed by atoms with E-state index in [0.717, 1.165) is 12.1 Å². The molecule has 1 unspecified atom stereocenters. The van der Waals surface area contributed by atoms with E-state index in [2.05, 4.69) is 5.32 Å². The summed E-state index contributed by atoms with van der Waals surface area (Å²) in [6.45, 7) is 5.69. The average Bonchev–Trinajstić information content (AvgIpc) is 2.41. The fourth-order valence-corrected chi connectivity index (χ4v) is 2.42. The van der Waals surface area contributed by atoms with Crippen LogP contribution in [-0.2, 0) is 4.79 Å². The van der Waals surface area contributed by atoms with E-state index in [1.807, 2.05) is 13.8 Å². The Hall–Kier alpha value is -2.18. The summed E-state index contributed by atoms with van der Waals surface area (Å²) in [5.41, 5.74) is 0.0298. The van der Waals surface area contributed by atoms with Crippen molar-refractivity contribution in [3.63, 3.8) is 0 Å². The van der Waals surface area contributed by atoms with Crippen LogP contribution in [0.1, 0.15) is 20.8 Å². The first-order chi connectivity index (χ1) is 10.3. The van der Waals surface area contributed by atoms with Crippen molar-refractivity contribution >= 4 is 17.6 Å². The summed E-state index contributed by atoms with van der Waals surface area (Å²) in [5, 5.41) is 2.73. The second kappa shape index (κ2) is 6.29. The Morgan fingerprint density at radius 2 is 2.00 bits per heavy atom. The van der Waals surface area contributed by atoms with Gasteiger partial charge >= 0.3 is 6.03 Å². The van der Waals surface area contributed by atoms with Crippen molar-refractivity contribution < 1.29 is 18.4 Å². The summed E-state index contributed by atoms with van der Waals surface area (Å²) in [5.74, 6) is -1.88. The zero-order valence-corrected chi connectivity index (χ0v) is 12.8. The molecule has 0 radical (unpaired) electrons. The lowest BCUT2D eigenvalue weighted by Crippen LogP contribution is -2.60. The van der Waals surface area contributed by atoms with Crippen LogP contribution in [0.5, 0.6) is 0 Å². The van der Waals surface area contributed by atoms with Crippen LogP contribution in [0.4, 0.5) is 19.3 Å². The van der Waals surface area contributed by atoms with Gasteiger partial charge in [-0.3, -0.25) is 4.79 Å². The summed E-state index contributed by atoms with van der Waals surface area (Å²) >= 11 is 0. The van der Waals surface area contributed by atoms with Gasteiger partial charge in [-0.25, -0.2) is 13.6 Å². The number of amides is 3. The molecule has 0 aliphatic carbocycles. The van der Waals surface area contributed by atoms with Crippen molar-refractivity contribution in [1.29, 1.82) is 0 Å². The first kappa shape index (κ1) is 16.2. The zero-order chi connectivity index (χ0) is 16.4. The lowest BCUT2D eigenvalue weighted by Gasteiger charge is -2.39. The van der Waals surface area contributed by atoms with Gasteiger partial charge in [0, 0.05) is 25.2 Å². The molecular weight excluding hydrogens is 292 g/mol. The molecule has 2 rings (SSSR count). The molecule has 3 amide bonds. The predicted octanol–water partition coefficient (Wildman–Crippen LogP) is 2.12. The van der Waals surface area contributed by atoms with Gasteiger partial charge in [-0.1, -0.05) is 0 Å². The molecule has 22 heavy (non-hydrogen) atoms. The Balaban J connectivity index is 2.17. The number of hydrogen-bond donors (Lipinski definition) is 1. The first-order valence-corrected chi connectivity index (χ1v) is 7.15. The van der Waals surface area contributed by atoms with Crippen LogP contribution in [0.3, 0.4) is 0 Å². The summed E-state index contributed by atoms with van der Waals surface area (Å²) in [7, 11) is 0. The minimum Gasteiger partial charge on any atom is -0.336 e. The predicted molar refractivity (Wildman–Crippen MR) is 78.5 cm³/mol. The van der Waals surface area contributed by atoms with Crippen LogP contribution in [-0.4, -0.2) is 42.0 Å². The number of anilines is 1. The summed E-state index contributed by atoms with van der Waals surface area (Å²) < 4.78 is 26.8. The van der Waals surface area contributed by atoms with Gasteiger partial charge < -0.3 is 15.1 Å². The van der Waals surface area contributed by atoms with Gasteiger partial charge in [0.15, 0.2) is 0 Å². The highest BCUT2D eigenvalue weighted by atomic mass is 19.1. The molecule has 7 heteroatoms. The largest absolute Gasteiger partial charge is 0.336 e. The molecule has 0 bridgehead atoms. The Kier molecular flexibility index (Phi) is 4.63. The number of benzene rings is 1. The molecule has 1 N–H and O–H groups in total. The van der Waals surface area contributed by atoms with Gasteiger partial charge in [-0.15, -0.1) is 0 Å². The maximum atomic E-state index is 13.8. The maximum absolute atomic E-state index is 13.8. The fraction of sp³-hybridized carbons (Fsp3) is 0.467. The zero-order valence-electron chi connectivity index (χ0n) is 12.8. The monoisotopic (exact) mass is 311 g/mol. The van der Waals surface area contributed by atoms with Gasteiger partial charge in [0.2, 0.25) is 5.91 Å². The van der Waals surface area contributed by atoms with Crippen molar-refractivity contribution in [1.82, 2.24) is 10.2 Å². The van der Waals surface area contributed by atoms with E-state index in [0.29, 0.717) is 0 Å². The molecule has 0 saturated carbocycles. The van der Waals surface area contributed by atoms with Crippen LogP contribution in [0.15, 0.2) is 18.2 Å². The van der Waals surface area contributed by atoms with E-state index in [1.165, 1.54) is 15.9 Å². The Morgan fingerprint density at radius 1 is 1.32 bits per heavy atom. The minimum absolute atomic E-state index is 0.0298. The molecule has 1 saturated heterocycles. The third-order valence-electron chi connectivity index (χ3n) is 3.53. The molecule has 1 heterocycles. The van der Waals surface area contributed by atoms with E-state index >= 15 is 0 Å². The van der Waals surface area contributed by atoms with Gasteiger partial charge in [0.05, 0.1) is 5.69 Å². The second-order valence-corrected chi connectivity index (χ2v) is 5.56. The smallest absolute Gasteiger partial charge is 0.318 e. The quantitative estimate of drug-likeness (QED) is 0.909. The number of piperazine rings is 1. The molecular formula is C15H19F2N3O2. The van der Waals surface area contributed by atoms with Crippen molar-refractivity contribution in [3.05, 3.63) is 29.8 Å². The van der Waals surface area contributed by atoms with Crippen LogP contribution in [0, 0.1) is 11.6 Å². The van der Waals surface area contributed by atoms with Crippen molar-refractivity contribution in [2.24, 2.45) is 0 Å². The summed E-state index contributed by atoms with van der Waals surface area (Å²) in [4.78, 5) is 27.1. The standard InChI is InChI=1S/C15H19F2N3O2/c1-9(2)18-15(22)19-6-7-20(14(21)10(19)3)13-5-4-11(16)8-12(13)17/h4-5,8-10H,6-7H2,1-3H3,(H,18,22). The van der Waals surface area contributed by atoms with Gasteiger partial charge in [-0.2, -0.15) is 0 Å². The van der Waals surface area contributed by atoms with Gasteiger partial charge in [0.1, 0.15) is 17.7 Å². The van der Waals surface area contributed by atoms with Crippen LogP contribution in [0.2, 0.25) is 0 Å². The van der Waals surface area contributed by atoms with Gasteiger partial charge in [0.25, 0.3) is 0 Å². The molecule has 1 aromatic rings. The van der Waals surface area contributed by atoms with Crippen LogP contribution in [0.25, 0.3) is 0 Å². The van der Waals surface area contributed by atoms with E-state index in [1.54, 1.807) is 6.92 Å². The topological polar surface area (TPSA) is 52.7 Å². The third kappa shape index (κ3) is 3.18. The normalized spacial score (nSPS) is 18.8. The Morgan fingerprint density at radius 3 is 2.59 bits per heavy atom. The molecule has 1 aliphatic rings. The van der Waals surface area contributed by atoms with E-state index in [4.69, 9.17) is 0 Å². The molecule has 5 nitrogen and oxygen atoms in total. The maximum Gasteiger partial charge on any atom is 0.318 e. The fourth-order valence-electron chi connectivity index (χ4n) is 2.42. The lowest BCUT2D eigenvalue weighted by molar-refractivity contribution is -0.124. The lowest BCUT2D eigenvalue weighted by atomic mass is 10.1. The average molecular weight is 311 g/mol. The second-order valence-electron chi connectivity index (χ2n) is 5.56. The van der Waals surface area contributed by atoms with Gasteiger partial charge in [-0.05, 0) is 32.9 Å². The highest BCUT2D eigenvalue weighted by molar-refractivity contribution is 6.00. The number of nitrogens with zero attached hydrogens (tertiary/aromatic N) is 2. The van der Waals surface area contributed by atoms with Crippen molar-refractivity contribution in [3.8, 4) is 0 Å². The number of rotatable bonds is 2. The number of hydrogen-bond acceptors (Lipinski definition) is 2. The van der Waals surface area contributed by atoms with Crippen molar-refractivity contribution in [2.45, 2.75) is 32.9 Å². The minimum atomic E-state index is -0.791. The van der Waals surface area contributed by atoms with Crippen LogP contribution < -0.4 is 10.2 Å². The van der Waals surface area contributed by atoms with E-state index < -0.39 is 23.6 Å². The Bertz CT molecular complexity index is 592. The third-order valence-corrected chi connectivity index (χ3v) is 3.53. The molecule has 0 spiro atoms. The molecule has 1 atom stereocenters. The van der Waals surface area contributed by atoms with Crippen molar-refractivity contribution in [2.75, 3.05) is 18.0 Å². The van der Waals surface area contributed by atoms with Crippen LogP contribution >= 0.6 is 0 Å². The van der Waals surface area contributed by atoms with E-state index in [-0.39, 0.29) is 30.8 Å². The highest BCUT2D eigenvalue weighted by Gasteiger charge is 2.36. The number of halogens is 2. The van der Waals surface area contributed by atoms with E-state index in [9.17, 15) is 18.4 Å². The molecule has 1 aromatic carbocycles. The first-order valence-electron chi connectivity index (χ1n) is 7.15.